The van der Waals surface area contributed by atoms with Gasteiger partial charge in [-0.1, -0.05) is 33.8 Å². The van der Waals surface area contributed by atoms with Gasteiger partial charge in [0.25, 0.3) is 0 Å². The molecule has 2 N–H and O–H groups in total. The van der Waals surface area contributed by atoms with Gasteiger partial charge in [-0.05, 0) is 89.9 Å². The Kier molecular flexibility index (Phi) is 3.76. The van der Waals surface area contributed by atoms with Gasteiger partial charge in [-0.25, -0.2) is 0 Å². The summed E-state index contributed by atoms with van der Waals surface area (Å²) in [4.78, 5) is 0. The molecular weight excluding hydrogens is 296 g/mol. The number of benzene rings is 1. The van der Waals surface area contributed by atoms with E-state index < -0.39 is 0 Å². The maximum absolute atomic E-state index is 10.9. The molecule has 2 heteroatoms. The molecule has 0 saturated heterocycles. The second kappa shape index (κ2) is 5.49. The first kappa shape index (κ1) is 16.4. The fraction of sp³-hybridized carbons (Fsp3) is 0.727. The molecule has 0 bridgehead atoms. The van der Waals surface area contributed by atoms with Crippen LogP contribution in [0.3, 0.4) is 0 Å². The summed E-state index contributed by atoms with van der Waals surface area (Å²) in [5.74, 6) is 4.01. The van der Waals surface area contributed by atoms with Crippen molar-refractivity contribution in [3.8, 4) is 5.75 Å². The molecule has 2 saturated carbocycles. The van der Waals surface area contributed by atoms with Gasteiger partial charge in [0.05, 0.1) is 6.10 Å². The minimum Gasteiger partial charge on any atom is -0.508 e. The summed E-state index contributed by atoms with van der Waals surface area (Å²) < 4.78 is 0. The number of aromatic hydroxyl groups is 1. The average molecular weight is 328 g/mol. The molecule has 132 valence electrons. The van der Waals surface area contributed by atoms with E-state index in [9.17, 15) is 10.2 Å². The zero-order chi connectivity index (χ0) is 17.2. The lowest BCUT2D eigenvalue weighted by Crippen LogP contribution is -2.49. The van der Waals surface area contributed by atoms with Gasteiger partial charge in [0.2, 0.25) is 0 Å². The molecule has 2 fully saturated rings. The Morgan fingerprint density at radius 2 is 2.00 bits per heavy atom. The number of aryl methyl sites for hydroxylation is 1. The number of hydrogen-bond acceptors (Lipinski definition) is 2. The minimum absolute atomic E-state index is 0.0872. The van der Waals surface area contributed by atoms with Crippen LogP contribution in [0.1, 0.15) is 64.0 Å². The third kappa shape index (κ3) is 2.18. The Hall–Kier alpha value is -1.02. The zero-order valence-corrected chi connectivity index (χ0v) is 15.5. The molecule has 7 unspecified atom stereocenters. The normalized spacial score (nSPS) is 44.1. The number of aliphatic hydroxyl groups is 1. The van der Waals surface area contributed by atoms with E-state index in [1.165, 1.54) is 24.0 Å². The highest BCUT2D eigenvalue weighted by atomic mass is 16.3. The molecular formula is C22H32O2. The van der Waals surface area contributed by atoms with E-state index in [1.54, 1.807) is 0 Å². The van der Waals surface area contributed by atoms with Crippen LogP contribution in [-0.4, -0.2) is 16.3 Å². The molecule has 0 amide bonds. The highest BCUT2D eigenvalue weighted by Gasteiger charge is 2.59. The molecule has 0 spiro atoms. The molecule has 1 aromatic rings. The van der Waals surface area contributed by atoms with E-state index in [1.807, 2.05) is 12.1 Å². The first-order chi connectivity index (χ1) is 11.3. The quantitative estimate of drug-likeness (QED) is 0.782. The zero-order valence-electron chi connectivity index (χ0n) is 15.5. The Bertz CT molecular complexity index is 637. The van der Waals surface area contributed by atoms with Crippen LogP contribution in [0.5, 0.6) is 5.75 Å². The smallest absolute Gasteiger partial charge is 0.115 e. The van der Waals surface area contributed by atoms with Gasteiger partial charge in [0.1, 0.15) is 5.75 Å². The van der Waals surface area contributed by atoms with Gasteiger partial charge in [0, 0.05) is 0 Å². The minimum atomic E-state index is -0.147. The van der Waals surface area contributed by atoms with Crippen molar-refractivity contribution in [3.05, 3.63) is 29.3 Å². The van der Waals surface area contributed by atoms with E-state index in [0.29, 0.717) is 41.3 Å². The summed E-state index contributed by atoms with van der Waals surface area (Å²) in [5, 5.41) is 20.8. The second-order valence-corrected chi connectivity index (χ2v) is 9.49. The van der Waals surface area contributed by atoms with Crippen molar-refractivity contribution in [3.63, 3.8) is 0 Å². The number of hydrogen-bond donors (Lipinski definition) is 2. The predicted molar refractivity (Wildman–Crippen MR) is 97.0 cm³/mol. The molecule has 0 aliphatic heterocycles. The van der Waals surface area contributed by atoms with Crippen LogP contribution in [0.25, 0.3) is 0 Å². The average Bonchev–Trinajstić information content (AvgIpc) is 2.77. The third-order valence-electron chi connectivity index (χ3n) is 7.89. The van der Waals surface area contributed by atoms with Gasteiger partial charge < -0.3 is 10.2 Å². The van der Waals surface area contributed by atoms with Crippen molar-refractivity contribution in [2.24, 2.45) is 35.0 Å². The van der Waals surface area contributed by atoms with Gasteiger partial charge >= 0.3 is 0 Å². The van der Waals surface area contributed by atoms with Crippen LogP contribution in [-0.2, 0) is 6.42 Å². The maximum atomic E-state index is 10.9. The van der Waals surface area contributed by atoms with Crippen LogP contribution in [0.4, 0.5) is 0 Å². The molecule has 3 aliphatic carbocycles. The van der Waals surface area contributed by atoms with E-state index in [0.717, 1.165) is 12.8 Å². The summed E-state index contributed by atoms with van der Waals surface area (Å²) in [5.41, 5.74) is 2.93. The summed E-state index contributed by atoms with van der Waals surface area (Å²) in [6.07, 6.45) is 4.46. The Morgan fingerprint density at radius 3 is 2.71 bits per heavy atom. The highest BCUT2D eigenvalue weighted by Crippen LogP contribution is 2.65. The summed E-state index contributed by atoms with van der Waals surface area (Å²) in [6, 6.07) is 6.05. The Morgan fingerprint density at radius 1 is 1.25 bits per heavy atom. The van der Waals surface area contributed by atoms with E-state index in [2.05, 4.69) is 33.8 Å². The van der Waals surface area contributed by atoms with Gasteiger partial charge in [-0.3, -0.25) is 0 Å². The number of fused-ring (bicyclic) bond motifs is 5. The van der Waals surface area contributed by atoms with Crippen LogP contribution in [0, 0.1) is 35.0 Å². The van der Waals surface area contributed by atoms with E-state index in [-0.39, 0.29) is 11.5 Å². The van der Waals surface area contributed by atoms with Crippen molar-refractivity contribution < 1.29 is 10.2 Å². The number of phenolic OH excluding ortho intramolecular Hbond substituents is 1. The summed E-state index contributed by atoms with van der Waals surface area (Å²) >= 11 is 0. The Labute approximate surface area is 146 Å². The summed E-state index contributed by atoms with van der Waals surface area (Å²) in [7, 11) is 0. The van der Waals surface area contributed by atoms with Crippen LogP contribution in [0.15, 0.2) is 18.2 Å². The second-order valence-electron chi connectivity index (χ2n) is 9.49. The number of phenols is 1. The van der Waals surface area contributed by atoms with Gasteiger partial charge in [-0.15, -0.1) is 0 Å². The fourth-order valence-corrected chi connectivity index (χ4v) is 6.75. The fourth-order valence-electron chi connectivity index (χ4n) is 6.75. The molecule has 7 atom stereocenters. The molecule has 3 aliphatic rings. The van der Waals surface area contributed by atoms with Crippen molar-refractivity contribution in [2.75, 3.05) is 0 Å². The van der Waals surface area contributed by atoms with E-state index in [4.69, 9.17) is 0 Å². The number of aliphatic hydroxyl groups excluding tert-OH is 1. The predicted octanol–water partition coefficient (Wildman–Crippen LogP) is 4.74. The van der Waals surface area contributed by atoms with Crippen molar-refractivity contribution in [1.82, 2.24) is 0 Å². The molecule has 0 radical (unpaired) electrons. The van der Waals surface area contributed by atoms with Crippen LogP contribution >= 0.6 is 0 Å². The summed E-state index contributed by atoms with van der Waals surface area (Å²) in [6.45, 7) is 9.31. The van der Waals surface area contributed by atoms with Crippen LogP contribution in [0.2, 0.25) is 0 Å². The van der Waals surface area contributed by atoms with E-state index >= 15 is 0 Å². The topological polar surface area (TPSA) is 40.5 Å². The lowest BCUT2D eigenvalue weighted by molar-refractivity contribution is -0.0632. The molecule has 4 rings (SSSR count). The third-order valence-corrected chi connectivity index (χ3v) is 7.89. The first-order valence-electron chi connectivity index (χ1n) is 9.82. The van der Waals surface area contributed by atoms with Gasteiger partial charge in [-0.2, -0.15) is 0 Å². The largest absolute Gasteiger partial charge is 0.508 e. The molecule has 0 aromatic heterocycles. The monoisotopic (exact) mass is 328 g/mol. The number of rotatable bonds is 1. The lowest BCUT2D eigenvalue weighted by Gasteiger charge is -2.55. The van der Waals surface area contributed by atoms with Crippen LogP contribution < -0.4 is 0 Å². The molecule has 24 heavy (non-hydrogen) atoms. The standard InChI is InChI=1S/C22H32O2/c1-12(2)18-11-22(4)19(9-13(3)21(22)24)17-7-5-14-10-15(23)6-8-16(14)20(17)18/h6,8,10,12-13,17-21,23-24H,5,7,9,11H2,1-4H3. The van der Waals surface area contributed by atoms with Crippen molar-refractivity contribution in [2.45, 2.75) is 65.4 Å². The van der Waals surface area contributed by atoms with Gasteiger partial charge in [0.15, 0.2) is 0 Å². The van der Waals surface area contributed by atoms with Crippen molar-refractivity contribution >= 4 is 0 Å². The Balaban J connectivity index is 1.80. The molecule has 2 nitrogen and oxygen atoms in total. The maximum Gasteiger partial charge on any atom is 0.115 e. The SMILES string of the molecule is CC(C)C1CC2(C)C(O)C(C)CC2C2CCc3cc(O)ccc3C12. The first-order valence-corrected chi connectivity index (χ1v) is 9.82. The molecule has 1 aromatic carbocycles. The van der Waals surface area contributed by atoms with Crippen molar-refractivity contribution in [1.29, 1.82) is 0 Å². The lowest BCUT2D eigenvalue weighted by atomic mass is 9.50. The highest BCUT2D eigenvalue weighted by molar-refractivity contribution is 5.40. The molecule has 0 heterocycles.